The van der Waals surface area contributed by atoms with E-state index in [1.807, 2.05) is 24.3 Å². The molecule has 0 spiro atoms. The van der Waals surface area contributed by atoms with Gasteiger partial charge >= 0.3 is 5.69 Å². The van der Waals surface area contributed by atoms with Crippen LogP contribution in [0.2, 0.25) is 0 Å². The minimum Gasteiger partial charge on any atom is -0.508 e. The van der Waals surface area contributed by atoms with Gasteiger partial charge in [0.15, 0.2) is 0 Å². The summed E-state index contributed by atoms with van der Waals surface area (Å²) in [6.07, 6.45) is 2.31. The number of benzene rings is 2. The molecule has 3 aromatic rings. The minimum atomic E-state index is -0.166. The number of hydrogen-bond donors (Lipinski definition) is 3. The maximum Gasteiger partial charge on any atom is 0.323 e. The van der Waals surface area contributed by atoms with Gasteiger partial charge in [0.05, 0.1) is 11.0 Å². The normalized spacial score (nSPS) is 18.7. The van der Waals surface area contributed by atoms with Gasteiger partial charge in [-0.15, -0.1) is 0 Å². The summed E-state index contributed by atoms with van der Waals surface area (Å²) in [7, 11) is 0. The first-order chi connectivity index (χ1) is 11.2. The van der Waals surface area contributed by atoms with Gasteiger partial charge in [0.2, 0.25) is 0 Å². The zero-order valence-corrected chi connectivity index (χ0v) is 12.7. The maximum atomic E-state index is 11.4. The Morgan fingerprint density at radius 3 is 2.70 bits per heavy atom. The van der Waals surface area contributed by atoms with Gasteiger partial charge in [-0.1, -0.05) is 18.2 Å². The number of H-pyrrole nitrogens is 2. The van der Waals surface area contributed by atoms with Crippen LogP contribution in [-0.4, -0.2) is 26.5 Å². The highest BCUT2D eigenvalue weighted by Gasteiger charge is 2.25. The van der Waals surface area contributed by atoms with Crippen molar-refractivity contribution in [1.29, 1.82) is 0 Å². The van der Waals surface area contributed by atoms with E-state index in [1.165, 1.54) is 17.5 Å². The van der Waals surface area contributed by atoms with Crippen molar-refractivity contribution in [2.45, 2.75) is 25.4 Å². The third-order valence-corrected chi connectivity index (χ3v) is 4.61. The molecule has 1 fully saturated rings. The van der Waals surface area contributed by atoms with E-state index in [0.29, 0.717) is 11.8 Å². The van der Waals surface area contributed by atoms with Crippen LogP contribution in [-0.2, 0) is 6.54 Å². The molecular formula is C18H19N3O2. The van der Waals surface area contributed by atoms with Crippen LogP contribution in [0.15, 0.2) is 47.3 Å². The van der Waals surface area contributed by atoms with Gasteiger partial charge in [0, 0.05) is 12.6 Å². The van der Waals surface area contributed by atoms with Crippen molar-refractivity contribution in [3.8, 4) is 5.75 Å². The fraction of sp³-hybridized carbons (Fsp3) is 0.278. The molecule has 0 bridgehead atoms. The van der Waals surface area contributed by atoms with Crippen LogP contribution < -0.4 is 5.69 Å². The molecule has 1 aliphatic heterocycles. The fourth-order valence-corrected chi connectivity index (χ4v) is 3.50. The van der Waals surface area contributed by atoms with E-state index in [1.54, 1.807) is 12.1 Å². The first-order valence-electron chi connectivity index (χ1n) is 7.93. The van der Waals surface area contributed by atoms with Gasteiger partial charge in [0.1, 0.15) is 5.75 Å². The second-order valence-corrected chi connectivity index (χ2v) is 6.18. The molecule has 1 unspecified atom stereocenters. The van der Waals surface area contributed by atoms with Gasteiger partial charge in [-0.3, -0.25) is 4.90 Å². The molecule has 2 heterocycles. The van der Waals surface area contributed by atoms with Crippen LogP contribution in [0.25, 0.3) is 11.0 Å². The topological polar surface area (TPSA) is 72.1 Å². The SMILES string of the molecule is O=c1[nH]c2ccc(CN3CCCC3c3ccc(O)cc3)cc2[nH]1. The van der Waals surface area contributed by atoms with E-state index < -0.39 is 0 Å². The fourth-order valence-electron chi connectivity index (χ4n) is 3.50. The molecule has 5 nitrogen and oxygen atoms in total. The van der Waals surface area contributed by atoms with Crippen LogP contribution in [0.1, 0.15) is 30.0 Å². The number of phenols is 1. The highest BCUT2D eigenvalue weighted by atomic mass is 16.3. The van der Waals surface area contributed by atoms with Crippen molar-refractivity contribution in [1.82, 2.24) is 14.9 Å². The molecule has 3 N–H and O–H groups in total. The number of phenolic OH excluding ortho intramolecular Hbond substituents is 1. The third kappa shape index (κ3) is 2.75. The molecule has 0 radical (unpaired) electrons. The highest BCUT2D eigenvalue weighted by molar-refractivity contribution is 5.74. The van der Waals surface area contributed by atoms with Gasteiger partial charge in [0.25, 0.3) is 0 Å². The molecule has 5 heteroatoms. The summed E-state index contributed by atoms with van der Waals surface area (Å²) in [4.78, 5) is 19.4. The number of imidazole rings is 1. The molecule has 1 saturated heterocycles. The predicted octanol–water partition coefficient (Wildman–Crippen LogP) is 2.90. The Labute approximate surface area is 133 Å². The van der Waals surface area contributed by atoms with E-state index in [-0.39, 0.29) is 5.69 Å². The van der Waals surface area contributed by atoms with Gasteiger partial charge in [-0.2, -0.15) is 0 Å². The molecule has 1 atom stereocenters. The average Bonchev–Trinajstić information content (AvgIpc) is 3.13. The van der Waals surface area contributed by atoms with Crippen molar-refractivity contribution in [2.24, 2.45) is 0 Å². The first-order valence-corrected chi connectivity index (χ1v) is 7.93. The highest BCUT2D eigenvalue weighted by Crippen LogP contribution is 2.33. The van der Waals surface area contributed by atoms with E-state index in [4.69, 9.17) is 0 Å². The zero-order valence-electron chi connectivity index (χ0n) is 12.7. The molecule has 0 aliphatic carbocycles. The Balaban J connectivity index is 1.58. The van der Waals surface area contributed by atoms with Crippen LogP contribution in [0.4, 0.5) is 0 Å². The Kier molecular flexibility index (Phi) is 3.42. The monoisotopic (exact) mass is 309 g/mol. The number of nitrogens with one attached hydrogen (secondary N) is 2. The van der Waals surface area contributed by atoms with Crippen molar-refractivity contribution in [2.75, 3.05) is 6.54 Å². The van der Waals surface area contributed by atoms with Gasteiger partial charge < -0.3 is 15.1 Å². The standard InChI is InChI=1S/C18H19N3O2/c22-14-6-4-13(5-7-14)17-2-1-9-21(17)11-12-3-8-15-16(10-12)20-18(23)19-15/h3-8,10,17,22H,1-2,9,11H2,(H2,19,20,23). The lowest BCUT2D eigenvalue weighted by atomic mass is 10.0. The molecule has 4 rings (SSSR count). The number of aromatic amines is 2. The lowest BCUT2D eigenvalue weighted by molar-refractivity contribution is 0.248. The van der Waals surface area contributed by atoms with E-state index >= 15 is 0 Å². The molecule has 2 aromatic carbocycles. The molecular weight excluding hydrogens is 290 g/mol. The second-order valence-electron chi connectivity index (χ2n) is 6.18. The van der Waals surface area contributed by atoms with Crippen molar-refractivity contribution < 1.29 is 5.11 Å². The quantitative estimate of drug-likeness (QED) is 0.696. The summed E-state index contributed by atoms with van der Waals surface area (Å²) in [6, 6.07) is 14.0. The van der Waals surface area contributed by atoms with Gasteiger partial charge in [-0.05, 0) is 54.8 Å². The summed E-state index contributed by atoms with van der Waals surface area (Å²) < 4.78 is 0. The summed E-state index contributed by atoms with van der Waals surface area (Å²) in [6.45, 7) is 1.92. The smallest absolute Gasteiger partial charge is 0.323 e. The second kappa shape index (κ2) is 5.59. The average molecular weight is 309 g/mol. The van der Waals surface area contributed by atoms with Crippen molar-refractivity contribution in [3.63, 3.8) is 0 Å². The van der Waals surface area contributed by atoms with Crippen molar-refractivity contribution in [3.05, 3.63) is 64.1 Å². The van der Waals surface area contributed by atoms with Crippen LogP contribution in [0, 0.1) is 0 Å². The van der Waals surface area contributed by atoms with E-state index in [2.05, 4.69) is 20.9 Å². The number of nitrogens with zero attached hydrogens (tertiary/aromatic N) is 1. The third-order valence-electron chi connectivity index (χ3n) is 4.61. The zero-order chi connectivity index (χ0) is 15.8. The Hall–Kier alpha value is -2.53. The number of fused-ring (bicyclic) bond motifs is 1. The Morgan fingerprint density at radius 1 is 1.09 bits per heavy atom. The maximum absolute atomic E-state index is 11.4. The molecule has 118 valence electrons. The molecule has 1 aromatic heterocycles. The first kappa shape index (κ1) is 14.1. The molecule has 23 heavy (non-hydrogen) atoms. The Morgan fingerprint density at radius 2 is 1.87 bits per heavy atom. The van der Waals surface area contributed by atoms with E-state index in [9.17, 15) is 9.90 Å². The van der Waals surface area contributed by atoms with Crippen LogP contribution in [0.5, 0.6) is 5.75 Å². The Bertz CT molecular complexity index is 879. The number of aromatic nitrogens is 2. The summed E-state index contributed by atoms with van der Waals surface area (Å²) in [5, 5.41) is 9.46. The van der Waals surface area contributed by atoms with Crippen LogP contribution in [0.3, 0.4) is 0 Å². The number of hydrogen-bond acceptors (Lipinski definition) is 3. The van der Waals surface area contributed by atoms with Crippen LogP contribution >= 0.6 is 0 Å². The van der Waals surface area contributed by atoms with Crippen molar-refractivity contribution >= 4 is 11.0 Å². The molecule has 0 amide bonds. The van der Waals surface area contributed by atoms with E-state index in [0.717, 1.165) is 30.5 Å². The summed E-state index contributed by atoms with van der Waals surface area (Å²) >= 11 is 0. The molecule has 1 aliphatic rings. The number of aromatic hydroxyl groups is 1. The predicted molar refractivity (Wildman–Crippen MR) is 89.4 cm³/mol. The minimum absolute atomic E-state index is 0.166. The largest absolute Gasteiger partial charge is 0.508 e. The number of likely N-dealkylation sites (tertiary alicyclic amines) is 1. The lowest BCUT2D eigenvalue weighted by Gasteiger charge is -2.25. The number of rotatable bonds is 3. The molecule has 0 saturated carbocycles. The summed E-state index contributed by atoms with van der Waals surface area (Å²) in [5.41, 5.74) is 3.97. The van der Waals surface area contributed by atoms with Gasteiger partial charge in [-0.25, -0.2) is 4.79 Å². The lowest BCUT2D eigenvalue weighted by Crippen LogP contribution is -2.22. The summed E-state index contributed by atoms with van der Waals surface area (Å²) in [5.74, 6) is 0.306.